The van der Waals surface area contributed by atoms with Gasteiger partial charge in [0, 0.05) is 0 Å². The number of unbranched alkanes of at least 4 members (excludes halogenated alkanes) is 2. The summed E-state index contributed by atoms with van der Waals surface area (Å²) in [5, 5.41) is 3.39. The van der Waals surface area contributed by atoms with Gasteiger partial charge in [0.05, 0.1) is 0 Å². The van der Waals surface area contributed by atoms with Gasteiger partial charge in [-0.15, -0.1) is 0 Å². The van der Waals surface area contributed by atoms with E-state index in [0.717, 1.165) is 0 Å². The van der Waals surface area contributed by atoms with Crippen LogP contribution in [0.4, 0.5) is 0 Å². The standard InChI is InChI=1S/C8H19N.H3P/c1-3-5-7-9-8-6-4-2;/h9H,3-8H2,1-2H3;1H3. The number of nitrogens with one attached hydrogen (secondary N) is 1. The molecule has 0 aromatic heterocycles. The van der Waals surface area contributed by atoms with Crippen LogP contribution in [0, 0.1) is 0 Å². The second kappa shape index (κ2) is 12.1. The third-order valence-corrected chi connectivity index (χ3v) is 1.41. The molecular formula is C8H22NP. The van der Waals surface area contributed by atoms with Gasteiger partial charge in [0.2, 0.25) is 0 Å². The van der Waals surface area contributed by atoms with Crippen LogP contribution in [0.2, 0.25) is 0 Å². The highest BCUT2D eigenvalue weighted by Gasteiger charge is 1.83. The average Bonchev–Trinajstić information content (AvgIpc) is 1.89. The number of hydrogen-bond acceptors (Lipinski definition) is 1. The van der Waals surface area contributed by atoms with Crippen LogP contribution in [0.25, 0.3) is 0 Å². The van der Waals surface area contributed by atoms with Gasteiger partial charge in [0.15, 0.2) is 0 Å². The molecule has 0 bridgehead atoms. The SMILES string of the molecule is CCCCNCCCC.P. The average molecular weight is 163 g/mol. The topological polar surface area (TPSA) is 12.0 Å². The molecule has 0 rings (SSSR count). The van der Waals surface area contributed by atoms with Gasteiger partial charge in [-0.3, -0.25) is 0 Å². The van der Waals surface area contributed by atoms with Crippen molar-refractivity contribution in [3.63, 3.8) is 0 Å². The van der Waals surface area contributed by atoms with Crippen LogP contribution in [0.1, 0.15) is 39.5 Å². The predicted octanol–water partition coefficient (Wildman–Crippen LogP) is 2.23. The van der Waals surface area contributed by atoms with Gasteiger partial charge in [-0.25, -0.2) is 0 Å². The molecule has 0 saturated carbocycles. The minimum Gasteiger partial charge on any atom is -0.317 e. The largest absolute Gasteiger partial charge is 0.317 e. The molecule has 0 amide bonds. The lowest BCUT2D eigenvalue weighted by atomic mass is 10.3. The molecule has 64 valence electrons. The Bertz CT molecular complexity index is 42.5. The van der Waals surface area contributed by atoms with Gasteiger partial charge in [0.25, 0.3) is 0 Å². The second-order valence-electron chi connectivity index (χ2n) is 2.46. The number of hydrogen-bond donors (Lipinski definition) is 1. The molecule has 0 spiro atoms. The van der Waals surface area contributed by atoms with E-state index in [-0.39, 0.29) is 9.90 Å². The van der Waals surface area contributed by atoms with E-state index in [1.54, 1.807) is 0 Å². The maximum absolute atomic E-state index is 3.39. The van der Waals surface area contributed by atoms with E-state index in [2.05, 4.69) is 19.2 Å². The van der Waals surface area contributed by atoms with Crippen LogP contribution < -0.4 is 5.32 Å². The molecule has 0 aliphatic rings. The quantitative estimate of drug-likeness (QED) is 0.467. The summed E-state index contributed by atoms with van der Waals surface area (Å²) in [6.45, 7) is 6.86. The fourth-order valence-corrected chi connectivity index (χ4v) is 0.729. The zero-order chi connectivity index (χ0) is 6.95. The minimum absolute atomic E-state index is 0. The van der Waals surface area contributed by atoms with Crippen molar-refractivity contribution >= 4 is 9.90 Å². The molecule has 1 atom stereocenters. The first-order valence-corrected chi connectivity index (χ1v) is 4.12. The van der Waals surface area contributed by atoms with Crippen molar-refractivity contribution in [2.24, 2.45) is 0 Å². The highest BCUT2D eigenvalue weighted by molar-refractivity contribution is 6.92. The Morgan fingerprint density at radius 3 is 1.60 bits per heavy atom. The van der Waals surface area contributed by atoms with Crippen LogP contribution in [-0.4, -0.2) is 13.1 Å². The zero-order valence-electron chi connectivity index (χ0n) is 7.45. The molecule has 0 radical (unpaired) electrons. The molecule has 2 heteroatoms. The summed E-state index contributed by atoms with van der Waals surface area (Å²) in [5.74, 6) is 0. The smallest absolute Gasteiger partial charge is 0.00490 e. The zero-order valence-corrected chi connectivity index (χ0v) is 8.86. The Balaban J connectivity index is 0. The summed E-state index contributed by atoms with van der Waals surface area (Å²) in [5.41, 5.74) is 0. The van der Waals surface area contributed by atoms with Crippen molar-refractivity contribution in [3.8, 4) is 0 Å². The van der Waals surface area contributed by atoms with Gasteiger partial charge in [0.1, 0.15) is 0 Å². The highest BCUT2D eigenvalue weighted by atomic mass is 31.0. The van der Waals surface area contributed by atoms with E-state index in [1.807, 2.05) is 0 Å². The van der Waals surface area contributed by atoms with Gasteiger partial charge < -0.3 is 5.32 Å². The highest BCUT2D eigenvalue weighted by Crippen LogP contribution is 1.85. The summed E-state index contributed by atoms with van der Waals surface area (Å²) in [6.07, 6.45) is 5.26. The van der Waals surface area contributed by atoms with E-state index < -0.39 is 0 Å². The Hall–Kier alpha value is 0.390. The van der Waals surface area contributed by atoms with Crippen molar-refractivity contribution in [1.29, 1.82) is 0 Å². The van der Waals surface area contributed by atoms with Gasteiger partial charge in [-0.2, -0.15) is 9.90 Å². The molecule has 0 aromatic rings. The first kappa shape index (κ1) is 13.0. The number of rotatable bonds is 6. The molecule has 10 heavy (non-hydrogen) atoms. The Morgan fingerprint density at radius 1 is 0.900 bits per heavy atom. The van der Waals surface area contributed by atoms with Crippen LogP contribution in [-0.2, 0) is 0 Å². The normalized spacial score (nSPS) is 9.00. The summed E-state index contributed by atoms with van der Waals surface area (Å²) in [7, 11) is 0. The van der Waals surface area contributed by atoms with Gasteiger partial charge in [-0.05, 0) is 25.9 Å². The molecular weight excluding hydrogens is 141 g/mol. The minimum atomic E-state index is 0. The summed E-state index contributed by atoms with van der Waals surface area (Å²) >= 11 is 0. The molecule has 0 aromatic carbocycles. The van der Waals surface area contributed by atoms with E-state index >= 15 is 0 Å². The van der Waals surface area contributed by atoms with Crippen LogP contribution in [0.3, 0.4) is 0 Å². The van der Waals surface area contributed by atoms with Crippen LogP contribution >= 0.6 is 9.90 Å². The monoisotopic (exact) mass is 163 g/mol. The Kier molecular flexibility index (Phi) is 15.8. The molecule has 1 unspecified atom stereocenters. The second-order valence-corrected chi connectivity index (χ2v) is 2.46. The van der Waals surface area contributed by atoms with E-state index in [0.29, 0.717) is 0 Å². The van der Waals surface area contributed by atoms with E-state index in [1.165, 1.54) is 38.8 Å². The molecule has 0 heterocycles. The molecule has 0 aliphatic heterocycles. The van der Waals surface area contributed by atoms with Gasteiger partial charge in [-0.1, -0.05) is 26.7 Å². The fourth-order valence-electron chi connectivity index (χ4n) is 0.729. The van der Waals surface area contributed by atoms with Crippen molar-refractivity contribution < 1.29 is 0 Å². The first-order chi connectivity index (χ1) is 4.41. The lowest BCUT2D eigenvalue weighted by Crippen LogP contribution is -2.15. The van der Waals surface area contributed by atoms with Gasteiger partial charge >= 0.3 is 0 Å². The van der Waals surface area contributed by atoms with Crippen molar-refractivity contribution in [2.75, 3.05) is 13.1 Å². The van der Waals surface area contributed by atoms with Crippen molar-refractivity contribution in [3.05, 3.63) is 0 Å². The fraction of sp³-hybridized carbons (Fsp3) is 1.00. The summed E-state index contributed by atoms with van der Waals surface area (Å²) < 4.78 is 0. The van der Waals surface area contributed by atoms with E-state index in [9.17, 15) is 0 Å². The predicted molar refractivity (Wildman–Crippen MR) is 53.8 cm³/mol. The molecule has 0 fully saturated rings. The molecule has 0 aliphatic carbocycles. The molecule has 0 saturated heterocycles. The van der Waals surface area contributed by atoms with Crippen molar-refractivity contribution in [1.82, 2.24) is 5.32 Å². The lowest BCUT2D eigenvalue weighted by Gasteiger charge is -1.99. The third kappa shape index (κ3) is 11.2. The third-order valence-electron chi connectivity index (χ3n) is 1.41. The maximum atomic E-state index is 3.39. The Morgan fingerprint density at radius 2 is 1.30 bits per heavy atom. The lowest BCUT2D eigenvalue weighted by molar-refractivity contribution is 0.611. The van der Waals surface area contributed by atoms with Crippen LogP contribution in [0.15, 0.2) is 0 Å². The van der Waals surface area contributed by atoms with Crippen LogP contribution in [0.5, 0.6) is 0 Å². The Labute approximate surface area is 68.6 Å². The maximum Gasteiger partial charge on any atom is -0.00490 e. The first-order valence-electron chi connectivity index (χ1n) is 4.12. The molecule has 1 nitrogen and oxygen atoms in total. The van der Waals surface area contributed by atoms with Crippen molar-refractivity contribution in [2.45, 2.75) is 39.5 Å². The summed E-state index contributed by atoms with van der Waals surface area (Å²) in [4.78, 5) is 0. The molecule has 1 N–H and O–H groups in total. The summed E-state index contributed by atoms with van der Waals surface area (Å²) in [6, 6.07) is 0. The van der Waals surface area contributed by atoms with E-state index in [4.69, 9.17) is 0 Å².